The smallest absolute Gasteiger partial charge is 0.213 e. The average molecular weight is 603 g/mol. The van der Waals surface area contributed by atoms with Crippen molar-refractivity contribution in [3.05, 3.63) is 93.8 Å². The van der Waals surface area contributed by atoms with Crippen LogP contribution in [0.2, 0.25) is 0 Å². The molecule has 2 aromatic carbocycles. The first-order valence-electron chi connectivity index (χ1n) is 15.0. The van der Waals surface area contributed by atoms with Crippen molar-refractivity contribution in [1.82, 2.24) is 0 Å². The minimum absolute atomic E-state index is 0.312. The molecule has 0 aliphatic rings. The van der Waals surface area contributed by atoms with Gasteiger partial charge in [-0.05, 0) is 72.9 Å². The molecule has 4 rings (SSSR count). The zero-order valence-electron chi connectivity index (χ0n) is 24.7. The lowest BCUT2D eigenvalue weighted by atomic mass is 10.1. The van der Waals surface area contributed by atoms with Crippen molar-refractivity contribution in [1.29, 1.82) is 0 Å². The Morgan fingerprint density at radius 3 is 2.12 bits per heavy atom. The van der Waals surface area contributed by atoms with Crippen LogP contribution in [0.3, 0.4) is 0 Å². The Bertz CT molecular complexity index is 1580. The van der Waals surface area contributed by atoms with Gasteiger partial charge in [0, 0.05) is 52.8 Å². The third kappa shape index (κ3) is 9.65. The minimum Gasteiger partial charge on any atom is -0.748 e. The van der Waals surface area contributed by atoms with Crippen LogP contribution in [-0.2, 0) is 16.7 Å². The normalized spacial score (nSPS) is 12.2. The van der Waals surface area contributed by atoms with Crippen molar-refractivity contribution >= 4 is 62.3 Å². The lowest BCUT2D eigenvalue weighted by Crippen LogP contribution is -2.34. The second kappa shape index (κ2) is 15.8. The summed E-state index contributed by atoms with van der Waals surface area (Å²) in [6.07, 6.45) is 16.6. The highest BCUT2D eigenvalue weighted by molar-refractivity contribution is 7.85. The van der Waals surface area contributed by atoms with Gasteiger partial charge in [-0.15, -0.1) is 11.3 Å². The summed E-state index contributed by atoms with van der Waals surface area (Å²) in [6, 6.07) is 23.5. The van der Waals surface area contributed by atoms with Crippen LogP contribution in [0.1, 0.15) is 73.3 Å². The first kappa shape index (κ1) is 31.7. The summed E-state index contributed by atoms with van der Waals surface area (Å²) in [4.78, 5) is 4.91. The molecule has 2 heterocycles. The maximum absolute atomic E-state index is 10.9. The van der Waals surface area contributed by atoms with Crippen molar-refractivity contribution in [3.63, 3.8) is 0 Å². The van der Waals surface area contributed by atoms with Gasteiger partial charge in [0.05, 0.1) is 15.5 Å². The number of aryl methyl sites for hydroxylation is 1. The molecule has 0 saturated heterocycles. The third-order valence-corrected chi connectivity index (χ3v) is 9.14. The van der Waals surface area contributed by atoms with Gasteiger partial charge in [-0.1, -0.05) is 63.1 Å². The molecule has 0 aliphatic heterocycles. The Balaban J connectivity index is 1.40. The van der Waals surface area contributed by atoms with Crippen molar-refractivity contribution in [2.75, 3.05) is 23.7 Å². The average Bonchev–Trinajstić information content (AvgIpc) is 3.45. The second-order valence-corrected chi connectivity index (χ2v) is 13.3. The number of pyridine rings is 1. The van der Waals surface area contributed by atoms with Crippen LogP contribution in [0, 0.1) is 0 Å². The van der Waals surface area contributed by atoms with E-state index >= 15 is 0 Å². The number of nitrogens with zero attached hydrogens (tertiary/aromatic N) is 2. The summed E-state index contributed by atoms with van der Waals surface area (Å²) < 4.78 is 34.8. The summed E-state index contributed by atoms with van der Waals surface area (Å²) >= 11 is 1.76. The number of unbranched alkanes of at least 4 members (excludes halogenated alkanes) is 3. The van der Waals surface area contributed by atoms with Crippen molar-refractivity contribution in [2.45, 2.75) is 58.9 Å². The van der Waals surface area contributed by atoms with Crippen LogP contribution in [0.15, 0.2) is 72.9 Å². The second-order valence-electron chi connectivity index (χ2n) is 10.6. The fourth-order valence-electron chi connectivity index (χ4n) is 4.97. The van der Waals surface area contributed by atoms with Crippen molar-refractivity contribution in [3.8, 4) is 0 Å². The molecule has 0 unspecified atom stereocenters. The Kier molecular flexibility index (Phi) is 11.9. The number of benzene rings is 2. The van der Waals surface area contributed by atoms with E-state index in [-0.39, 0.29) is 5.75 Å². The maximum Gasteiger partial charge on any atom is 0.213 e. The van der Waals surface area contributed by atoms with E-state index in [1.54, 1.807) is 11.3 Å². The summed E-state index contributed by atoms with van der Waals surface area (Å²) in [6.45, 7) is 7.40. The number of para-hydroxylation sites is 1. The number of rotatable bonds is 16. The fraction of sp³-hybridized carbons (Fsp3) is 0.343. The van der Waals surface area contributed by atoms with E-state index < -0.39 is 10.1 Å². The molecule has 2 aromatic heterocycles. The zero-order chi connectivity index (χ0) is 29.8. The maximum atomic E-state index is 10.9. The number of fused-ring (bicyclic) bond motifs is 1. The Labute approximate surface area is 255 Å². The van der Waals surface area contributed by atoms with Crippen molar-refractivity contribution in [2.24, 2.45) is 0 Å². The Hall–Kier alpha value is -3.26. The largest absolute Gasteiger partial charge is 0.748 e. The molecule has 0 atom stereocenters. The molecule has 7 heteroatoms. The van der Waals surface area contributed by atoms with Crippen LogP contribution >= 0.6 is 11.3 Å². The molecule has 0 spiro atoms. The van der Waals surface area contributed by atoms with Gasteiger partial charge in [0.25, 0.3) is 0 Å². The standard InChI is InChI=1S/C35H42N2O3S2/c1-3-5-24-36(25-6-4-2)31-17-13-29(14-18-31)15-19-32-21-22-33(41-32)20-16-30-23-27-37(26-9-10-28-42(38,39)40)35-12-8-7-11-34(30)35/h7-8,11-23,27H,3-6,9-10,24-26,28H2,1-2H3. The van der Waals surface area contributed by atoms with E-state index in [9.17, 15) is 13.0 Å². The minimum atomic E-state index is -4.16. The summed E-state index contributed by atoms with van der Waals surface area (Å²) in [7, 11) is -4.16. The van der Waals surface area contributed by atoms with E-state index in [4.69, 9.17) is 0 Å². The van der Waals surface area contributed by atoms with E-state index in [1.807, 2.05) is 18.3 Å². The highest BCUT2D eigenvalue weighted by atomic mass is 32.2. The highest BCUT2D eigenvalue weighted by Gasteiger charge is 2.11. The number of aromatic nitrogens is 1. The molecular formula is C35H42N2O3S2. The first-order chi connectivity index (χ1) is 20.4. The van der Waals surface area contributed by atoms with Crippen LogP contribution < -0.4 is 9.47 Å². The van der Waals surface area contributed by atoms with Crippen LogP contribution in [0.5, 0.6) is 0 Å². The van der Waals surface area contributed by atoms with Crippen molar-refractivity contribution < 1.29 is 17.5 Å². The van der Waals surface area contributed by atoms with Gasteiger partial charge in [-0.25, -0.2) is 8.42 Å². The number of hydrogen-bond acceptors (Lipinski definition) is 5. The number of thiophene rings is 1. The molecule has 0 aliphatic carbocycles. The molecule has 0 radical (unpaired) electrons. The number of hydrogen-bond donors (Lipinski definition) is 0. The van der Waals surface area contributed by atoms with Gasteiger partial charge >= 0.3 is 0 Å². The van der Waals surface area contributed by atoms with Gasteiger partial charge in [0.1, 0.15) is 6.54 Å². The van der Waals surface area contributed by atoms with Gasteiger partial charge in [-0.3, -0.25) is 0 Å². The molecule has 0 N–H and O–H groups in total. The first-order valence-corrected chi connectivity index (χ1v) is 17.4. The van der Waals surface area contributed by atoms with Gasteiger partial charge in [0.2, 0.25) is 5.52 Å². The van der Waals surface area contributed by atoms with E-state index in [1.165, 1.54) is 46.7 Å². The number of anilines is 1. The van der Waals surface area contributed by atoms with Crippen LogP contribution in [0.4, 0.5) is 5.69 Å². The van der Waals surface area contributed by atoms with Gasteiger partial charge in [0.15, 0.2) is 6.20 Å². The monoisotopic (exact) mass is 602 g/mol. The quantitative estimate of drug-likeness (QED) is 0.0736. The molecule has 4 aromatic rings. The molecule has 222 valence electrons. The van der Waals surface area contributed by atoms with Crippen LogP contribution in [0.25, 0.3) is 35.2 Å². The molecule has 0 fully saturated rings. The Morgan fingerprint density at radius 2 is 1.45 bits per heavy atom. The Morgan fingerprint density at radius 1 is 0.786 bits per heavy atom. The topological polar surface area (TPSA) is 64.3 Å². The van der Waals surface area contributed by atoms with E-state index in [0.717, 1.165) is 29.6 Å². The zero-order valence-corrected chi connectivity index (χ0v) is 26.4. The predicted molar refractivity (Wildman–Crippen MR) is 179 cm³/mol. The molecular weight excluding hydrogens is 561 g/mol. The van der Waals surface area contributed by atoms with Gasteiger partial charge < -0.3 is 9.45 Å². The molecule has 0 bridgehead atoms. The van der Waals surface area contributed by atoms with E-state index in [0.29, 0.717) is 19.4 Å². The SMILES string of the molecule is CCCCN(CCCC)c1ccc(/C=C/c2ccc(/C=C/c3cc[n+](CCCCS(=O)(=O)[O-])c4ccccc34)s2)cc1. The fourth-order valence-corrected chi connectivity index (χ4v) is 6.35. The summed E-state index contributed by atoms with van der Waals surface area (Å²) in [5.41, 5.74) is 4.73. The van der Waals surface area contributed by atoms with Crippen LogP contribution in [-0.4, -0.2) is 31.8 Å². The predicted octanol–water partition coefficient (Wildman–Crippen LogP) is 8.26. The van der Waals surface area contributed by atoms with E-state index in [2.05, 4.69) is 102 Å². The molecule has 5 nitrogen and oxygen atoms in total. The molecule has 42 heavy (non-hydrogen) atoms. The highest BCUT2D eigenvalue weighted by Crippen LogP contribution is 2.24. The lowest BCUT2D eigenvalue weighted by Gasteiger charge is -2.24. The summed E-state index contributed by atoms with van der Waals surface area (Å²) in [5, 5.41) is 1.13. The third-order valence-electron chi connectivity index (χ3n) is 7.34. The lowest BCUT2D eigenvalue weighted by molar-refractivity contribution is -0.671. The molecule has 0 saturated carbocycles. The summed E-state index contributed by atoms with van der Waals surface area (Å²) in [5.74, 6) is -0.312. The molecule has 0 amide bonds. The van der Waals surface area contributed by atoms with Gasteiger partial charge in [-0.2, -0.15) is 4.57 Å².